The largest absolute Gasteiger partial charge is 0.508 e. The summed E-state index contributed by atoms with van der Waals surface area (Å²) in [5.74, 6) is 0.574. The number of aromatic hydroxyl groups is 1. The van der Waals surface area contributed by atoms with Crippen LogP contribution in [-0.2, 0) is 20.7 Å². The van der Waals surface area contributed by atoms with E-state index in [0.717, 1.165) is 0 Å². The first-order chi connectivity index (χ1) is 22.4. The van der Waals surface area contributed by atoms with Gasteiger partial charge in [-0.2, -0.15) is 0 Å². The molecule has 12 nitrogen and oxygen atoms in total. The standard InChI is InChI=1S/C16H16N4O2.C15H14N4O2.BBr3/c1-20-14(21)16(19-15(20)17,11-6-8-18-9-7-11)12-4-3-5-13(10-12)22-2;1-19-13(21)15(18-14(19)16,10-5-7-17-8-6-10)11-3-2-4-12(20)9-11;2-1(3)4/h3-10H,1-2H3,(H2,17,19);2-9,20H,1H3,(H2,16,18);. The molecule has 5 N–H and O–H groups in total. The smallest absolute Gasteiger partial charge is 0.369 e. The Balaban J connectivity index is 0.000000191. The maximum atomic E-state index is 12.9. The molecular weight excluding hydrogens is 799 g/mol. The van der Waals surface area contributed by atoms with Crippen LogP contribution in [0, 0.1) is 0 Å². The Morgan fingerprint density at radius 3 is 1.47 bits per heavy atom. The molecule has 16 heteroatoms. The van der Waals surface area contributed by atoms with Gasteiger partial charge in [-0.1, -0.05) is 24.3 Å². The molecule has 2 aromatic heterocycles. The van der Waals surface area contributed by atoms with E-state index in [2.05, 4.69) is 67.2 Å². The Hall–Kier alpha value is -4.28. The number of hydrogen-bond acceptors (Lipinski definition) is 10. The van der Waals surface area contributed by atoms with Gasteiger partial charge in [0.1, 0.15) is 11.5 Å². The number of rotatable bonds is 5. The topological polar surface area (TPSA) is 173 Å². The summed E-state index contributed by atoms with van der Waals surface area (Å²) >= 11 is 9.31. The van der Waals surface area contributed by atoms with Crippen molar-refractivity contribution in [2.45, 2.75) is 11.1 Å². The summed E-state index contributed by atoms with van der Waals surface area (Å²) in [6.45, 7) is 0. The highest BCUT2D eigenvalue weighted by Crippen LogP contribution is 2.41. The quantitative estimate of drug-likeness (QED) is 0.253. The molecule has 0 bridgehead atoms. The molecule has 2 unspecified atom stereocenters. The number of hydrogen-bond donors (Lipinski definition) is 3. The van der Waals surface area contributed by atoms with Gasteiger partial charge < -0.3 is 21.3 Å². The molecule has 2 aliphatic heterocycles. The molecule has 242 valence electrons. The van der Waals surface area contributed by atoms with Crippen molar-refractivity contribution in [2.75, 3.05) is 21.2 Å². The second-order valence-electron chi connectivity index (χ2n) is 10.1. The van der Waals surface area contributed by atoms with Gasteiger partial charge in [0.05, 0.1) is 7.11 Å². The molecule has 2 atom stereocenters. The van der Waals surface area contributed by atoms with Gasteiger partial charge >= 0.3 is 3.18 Å². The van der Waals surface area contributed by atoms with Crippen LogP contribution in [0.1, 0.15) is 22.3 Å². The fraction of sp³-hybridized carbons (Fsp3) is 0.161. The number of benzene rings is 2. The van der Waals surface area contributed by atoms with Crippen LogP contribution in [0.15, 0.2) is 108 Å². The summed E-state index contributed by atoms with van der Waals surface area (Å²) in [4.78, 5) is 45.2. The molecule has 0 radical (unpaired) electrons. The lowest BCUT2D eigenvalue weighted by molar-refractivity contribution is -0.130. The van der Waals surface area contributed by atoms with Gasteiger partial charge in [-0.05, 0) is 70.8 Å². The third-order valence-corrected chi connectivity index (χ3v) is 7.43. The number of aliphatic imine (C=N–C) groups is 2. The molecule has 0 saturated carbocycles. The zero-order chi connectivity index (χ0) is 34.4. The van der Waals surface area contributed by atoms with Crippen molar-refractivity contribution in [3.8, 4) is 11.5 Å². The third-order valence-electron chi connectivity index (χ3n) is 7.43. The normalized spacial score (nSPS) is 20.0. The number of aromatic nitrogens is 2. The fourth-order valence-electron chi connectivity index (χ4n) is 5.13. The van der Waals surface area contributed by atoms with E-state index < -0.39 is 11.1 Å². The molecule has 2 aliphatic rings. The van der Waals surface area contributed by atoms with Crippen molar-refractivity contribution < 1.29 is 19.4 Å². The number of nitrogens with two attached hydrogens (primary N) is 2. The number of amides is 2. The summed E-state index contributed by atoms with van der Waals surface area (Å²) in [6, 6.07) is 20.8. The Morgan fingerprint density at radius 1 is 0.702 bits per heavy atom. The molecule has 6 rings (SSSR count). The number of pyridine rings is 2. The van der Waals surface area contributed by atoms with E-state index in [1.54, 1.807) is 94.5 Å². The van der Waals surface area contributed by atoms with Crippen LogP contribution >= 0.6 is 47.3 Å². The lowest BCUT2D eigenvalue weighted by atomic mass is 9.83. The van der Waals surface area contributed by atoms with E-state index in [1.165, 1.54) is 15.9 Å². The van der Waals surface area contributed by atoms with Crippen molar-refractivity contribution in [3.05, 3.63) is 120 Å². The Labute approximate surface area is 297 Å². The van der Waals surface area contributed by atoms with Crippen LogP contribution < -0.4 is 16.2 Å². The zero-order valence-electron chi connectivity index (χ0n) is 25.5. The van der Waals surface area contributed by atoms with Gasteiger partial charge in [0.2, 0.25) is 0 Å². The molecule has 0 fully saturated rings. The second kappa shape index (κ2) is 15.1. The molecule has 2 amide bonds. The van der Waals surface area contributed by atoms with Crippen molar-refractivity contribution in [1.29, 1.82) is 0 Å². The van der Waals surface area contributed by atoms with Crippen molar-refractivity contribution in [3.63, 3.8) is 0 Å². The predicted molar refractivity (Wildman–Crippen MR) is 192 cm³/mol. The summed E-state index contributed by atoms with van der Waals surface area (Å²) in [7, 11) is 4.77. The van der Waals surface area contributed by atoms with Gasteiger partial charge in [0.15, 0.2) is 23.0 Å². The van der Waals surface area contributed by atoms with Gasteiger partial charge in [-0.3, -0.25) is 29.4 Å². The van der Waals surface area contributed by atoms with Gasteiger partial charge in [-0.25, -0.2) is 9.98 Å². The van der Waals surface area contributed by atoms with Crippen molar-refractivity contribution >= 4 is 74.2 Å². The molecule has 0 saturated heterocycles. The lowest BCUT2D eigenvalue weighted by Gasteiger charge is -2.26. The summed E-state index contributed by atoms with van der Waals surface area (Å²) < 4.78 is 5.54. The zero-order valence-corrected chi connectivity index (χ0v) is 30.2. The third kappa shape index (κ3) is 7.19. The number of nitrogens with zero attached hydrogens (tertiary/aromatic N) is 6. The maximum Gasteiger partial charge on any atom is 0.369 e. The number of halogens is 3. The van der Waals surface area contributed by atoms with Crippen LogP contribution in [0.2, 0.25) is 0 Å². The average Bonchev–Trinajstić information content (AvgIpc) is 3.45. The highest BCUT2D eigenvalue weighted by molar-refractivity contribution is 9.69. The van der Waals surface area contributed by atoms with Crippen LogP contribution in [0.5, 0.6) is 11.5 Å². The highest BCUT2D eigenvalue weighted by atomic mass is 79.9. The SMILES string of the molecule is BrB(Br)Br.CN1C(=O)C(c2ccncc2)(c2cccc(O)c2)N=C1N.COc1cccc(C2(c3ccncc3)N=C(N)N(C)C2=O)c1. The lowest BCUT2D eigenvalue weighted by Crippen LogP contribution is -2.41. The number of ether oxygens (including phenoxy) is 1. The van der Waals surface area contributed by atoms with E-state index in [0.29, 0.717) is 28.0 Å². The first-order valence-corrected chi connectivity index (χ1v) is 16.6. The van der Waals surface area contributed by atoms with E-state index >= 15 is 0 Å². The van der Waals surface area contributed by atoms with Crippen molar-refractivity contribution in [1.82, 2.24) is 19.8 Å². The Kier molecular flexibility index (Phi) is 11.4. The highest BCUT2D eigenvalue weighted by Gasteiger charge is 2.50. The van der Waals surface area contributed by atoms with Crippen molar-refractivity contribution in [2.24, 2.45) is 21.5 Å². The molecule has 0 spiro atoms. The van der Waals surface area contributed by atoms with Crippen LogP contribution in [0.3, 0.4) is 0 Å². The summed E-state index contributed by atoms with van der Waals surface area (Å²) in [5.41, 5.74) is 11.9. The van der Waals surface area contributed by atoms with Crippen LogP contribution in [0.4, 0.5) is 0 Å². The number of carbonyl (C=O) groups is 2. The maximum absolute atomic E-state index is 12.9. The monoisotopic (exact) mass is 826 g/mol. The molecule has 4 aromatic rings. The van der Waals surface area contributed by atoms with E-state index in [4.69, 9.17) is 16.2 Å². The summed E-state index contributed by atoms with van der Waals surface area (Å²) in [6.07, 6.45) is 6.46. The Morgan fingerprint density at radius 2 is 1.11 bits per heavy atom. The molecule has 2 aromatic carbocycles. The minimum absolute atomic E-state index is 0.0667. The number of guanidine groups is 2. The first kappa shape index (κ1) is 35.6. The van der Waals surface area contributed by atoms with Crippen LogP contribution in [0.25, 0.3) is 0 Å². The Bertz CT molecular complexity index is 1800. The second-order valence-corrected chi connectivity index (χ2v) is 16.5. The minimum Gasteiger partial charge on any atom is -0.508 e. The van der Waals surface area contributed by atoms with E-state index in [1.807, 2.05) is 18.2 Å². The number of likely N-dealkylation sites (N-methyl/N-ethyl adjacent to an activating group) is 2. The predicted octanol–water partition coefficient (Wildman–Crippen LogP) is 4.09. The minimum atomic E-state index is -1.28. The fourth-order valence-corrected chi connectivity index (χ4v) is 5.13. The van der Waals surface area contributed by atoms with Gasteiger partial charge in [0, 0.05) is 38.9 Å². The number of carbonyl (C=O) groups excluding carboxylic acids is 2. The number of methoxy groups -OCH3 is 1. The first-order valence-electron chi connectivity index (χ1n) is 13.8. The van der Waals surface area contributed by atoms with Gasteiger partial charge in [0.25, 0.3) is 11.8 Å². The molecule has 4 heterocycles. The number of phenolic OH excluding ortho intramolecular Hbond substituents is 1. The van der Waals surface area contributed by atoms with Crippen LogP contribution in [-0.4, -0.2) is 73.0 Å². The molecule has 0 aliphatic carbocycles. The van der Waals surface area contributed by atoms with E-state index in [9.17, 15) is 14.7 Å². The number of phenols is 1. The molecular formula is C31H30BBr3N8O4. The average molecular weight is 829 g/mol. The summed E-state index contributed by atoms with van der Waals surface area (Å²) in [5, 5.41) is 9.74. The van der Waals surface area contributed by atoms with Gasteiger partial charge in [-0.15, -0.1) is 47.3 Å². The van der Waals surface area contributed by atoms with E-state index in [-0.39, 0.29) is 32.7 Å². The molecule has 47 heavy (non-hydrogen) atoms.